The first-order chi connectivity index (χ1) is 14.5. The van der Waals surface area contributed by atoms with Gasteiger partial charge in [0.05, 0.1) is 16.1 Å². The number of allylic oxidation sites excluding steroid dienone is 1. The fraction of sp³-hybridized carbons (Fsp3) is 0.318. The van der Waals surface area contributed by atoms with Crippen LogP contribution in [0.3, 0.4) is 0 Å². The molecule has 8 heteroatoms. The number of aromatic hydroxyl groups is 1. The molecule has 1 saturated heterocycles. The molecule has 2 aliphatic rings. The molecule has 30 heavy (non-hydrogen) atoms. The predicted molar refractivity (Wildman–Crippen MR) is 112 cm³/mol. The molecule has 8 nitrogen and oxygen atoms in total. The van der Waals surface area contributed by atoms with E-state index in [9.17, 15) is 20.0 Å². The number of likely N-dealkylation sites (N-methyl/N-ethyl adjacent to an activating group) is 1. The summed E-state index contributed by atoms with van der Waals surface area (Å²) in [6.07, 6.45) is 1.56. The minimum Gasteiger partial charge on any atom is -0.507 e. The van der Waals surface area contributed by atoms with Gasteiger partial charge < -0.3 is 14.7 Å². The van der Waals surface area contributed by atoms with Crippen LogP contribution in [-0.4, -0.2) is 58.3 Å². The Morgan fingerprint density at radius 1 is 1.10 bits per heavy atom. The summed E-state index contributed by atoms with van der Waals surface area (Å²) in [4.78, 5) is 27.8. The second kappa shape index (κ2) is 8.25. The van der Waals surface area contributed by atoms with E-state index in [0.29, 0.717) is 29.0 Å². The molecule has 1 fully saturated rings. The molecular weight excluding hydrogens is 386 g/mol. The number of fused-ring (bicyclic) bond motifs is 1. The van der Waals surface area contributed by atoms with Crippen LogP contribution in [0, 0.1) is 10.1 Å². The zero-order valence-electron chi connectivity index (χ0n) is 16.7. The molecule has 4 rings (SSSR count). The van der Waals surface area contributed by atoms with Crippen LogP contribution in [-0.2, 0) is 6.54 Å². The Morgan fingerprint density at radius 2 is 1.77 bits per heavy atom. The molecule has 156 valence electrons. The molecular formula is C22H23N3O5. The zero-order chi connectivity index (χ0) is 21.3. The van der Waals surface area contributed by atoms with E-state index >= 15 is 0 Å². The maximum atomic E-state index is 12.8. The smallest absolute Gasteiger partial charge is 0.269 e. The van der Waals surface area contributed by atoms with Gasteiger partial charge in [-0.1, -0.05) is 6.92 Å². The van der Waals surface area contributed by atoms with Gasteiger partial charge in [0.15, 0.2) is 5.76 Å². The number of nitro groups is 1. The minimum absolute atomic E-state index is 0.0190. The Labute approximate surface area is 174 Å². The van der Waals surface area contributed by atoms with E-state index in [0.717, 1.165) is 32.7 Å². The van der Waals surface area contributed by atoms with Crippen molar-refractivity contribution < 1.29 is 19.6 Å². The third-order valence-electron chi connectivity index (χ3n) is 5.61. The highest BCUT2D eigenvalue weighted by Crippen LogP contribution is 2.40. The summed E-state index contributed by atoms with van der Waals surface area (Å²) in [5.41, 5.74) is 1.63. The number of carbonyl (C=O) groups is 1. The van der Waals surface area contributed by atoms with Crippen LogP contribution < -0.4 is 4.74 Å². The van der Waals surface area contributed by atoms with E-state index in [2.05, 4.69) is 16.7 Å². The number of nitrogens with zero attached hydrogens (tertiary/aromatic N) is 3. The van der Waals surface area contributed by atoms with Gasteiger partial charge in [-0.25, -0.2) is 0 Å². The van der Waals surface area contributed by atoms with Crippen LogP contribution in [0.25, 0.3) is 6.08 Å². The molecule has 0 radical (unpaired) electrons. The molecule has 0 amide bonds. The van der Waals surface area contributed by atoms with Crippen molar-refractivity contribution in [2.75, 3.05) is 32.7 Å². The highest BCUT2D eigenvalue weighted by molar-refractivity contribution is 6.15. The van der Waals surface area contributed by atoms with E-state index in [4.69, 9.17) is 4.74 Å². The molecule has 2 aliphatic heterocycles. The van der Waals surface area contributed by atoms with Gasteiger partial charge in [0.1, 0.15) is 11.5 Å². The average molecular weight is 409 g/mol. The molecule has 2 heterocycles. The Hall–Kier alpha value is -3.23. The van der Waals surface area contributed by atoms with Gasteiger partial charge in [-0.05, 0) is 42.4 Å². The zero-order valence-corrected chi connectivity index (χ0v) is 16.7. The molecule has 2 aromatic carbocycles. The molecule has 0 aliphatic carbocycles. The Kier molecular flexibility index (Phi) is 5.52. The number of ether oxygens (including phenoxy) is 1. The van der Waals surface area contributed by atoms with Crippen molar-refractivity contribution in [1.82, 2.24) is 9.80 Å². The number of non-ortho nitro benzene ring substituents is 1. The third kappa shape index (κ3) is 3.92. The van der Waals surface area contributed by atoms with Gasteiger partial charge in [0.25, 0.3) is 5.69 Å². The van der Waals surface area contributed by atoms with Crippen molar-refractivity contribution >= 4 is 17.5 Å². The number of phenolic OH excluding ortho intramolecular Hbond substituents is 1. The van der Waals surface area contributed by atoms with Crippen LogP contribution in [0.2, 0.25) is 0 Å². The number of benzene rings is 2. The van der Waals surface area contributed by atoms with Crippen molar-refractivity contribution in [3.05, 3.63) is 69.0 Å². The number of Topliss-reactive ketones (excluding diaryl/α,β-unsaturated/α-hetero) is 1. The Balaban J connectivity index is 1.57. The van der Waals surface area contributed by atoms with Gasteiger partial charge in [0.2, 0.25) is 5.78 Å². The van der Waals surface area contributed by atoms with E-state index in [1.54, 1.807) is 24.3 Å². The quantitative estimate of drug-likeness (QED) is 0.461. The molecule has 0 unspecified atom stereocenters. The summed E-state index contributed by atoms with van der Waals surface area (Å²) >= 11 is 0. The normalized spacial score (nSPS) is 18.4. The third-order valence-corrected chi connectivity index (χ3v) is 5.61. The van der Waals surface area contributed by atoms with Crippen molar-refractivity contribution in [1.29, 1.82) is 0 Å². The van der Waals surface area contributed by atoms with Crippen LogP contribution in [0.15, 0.2) is 42.2 Å². The summed E-state index contributed by atoms with van der Waals surface area (Å²) in [5, 5.41) is 21.2. The van der Waals surface area contributed by atoms with Crippen LogP contribution in [0.5, 0.6) is 11.5 Å². The van der Waals surface area contributed by atoms with Gasteiger partial charge in [-0.3, -0.25) is 19.8 Å². The molecule has 0 spiro atoms. The SMILES string of the molecule is CCN1CCN(Cc2c(O)ccc3c2OC(=Cc2ccc([N+](=O)[O-])cc2)C3=O)CC1. The van der Waals surface area contributed by atoms with Crippen LogP contribution in [0.4, 0.5) is 5.69 Å². The largest absolute Gasteiger partial charge is 0.507 e. The van der Waals surface area contributed by atoms with Crippen molar-refractivity contribution in [2.24, 2.45) is 0 Å². The summed E-state index contributed by atoms with van der Waals surface area (Å²) in [6, 6.07) is 9.00. The maximum Gasteiger partial charge on any atom is 0.269 e. The fourth-order valence-corrected chi connectivity index (χ4v) is 3.78. The Morgan fingerprint density at radius 3 is 2.40 bits per heavy atom. The number of piperazine rings is 1. The molecule has 1 N–H and O–H groups in total. The first-order valence-corrected chi connectivity index (χ1v) is 9.94. The Bertz CT molecular complexity index is 1010. The number of phenols is 1. The van der Waals surface area contributed by atoms with Crippen LogP contribution >= 0.6 is 0 Å². The van der Waals surface area contributed by atoms with Gasteiger partial charge in [-0.15, -0.1) is 0 Å². The number of nitro benzene ring substituents is 1. The lowest BCUT2D eigenvalue weighted by Gasteiger charge is -2.34. The summed E-state index contributed by atoms with van der Waals surface area (Å²) in [6.45, 7) is 7.38. The molecule has 0 aromatic heterocycles. The monoisotopic (exact) mass is 409 g/mol. The van der Waals surface area contributed by atoms with Gasteiger partial charge >= 0.3 is 0 Å². The van der Waals surface area contributed by atoms with E-state index in [1.807, 2.05) is 0 Å². The minimum atomic E-state index is -0.473. The average Bonchev–Trinajstić information content (AvgIpc) is 3.06. The van der Waals surface area contributed by atoms with Crippen molar-refractivity contribution in [3.8, 4) is 11.5 Å². The van der Waals surface area contributed by atoms with Gasteiger partial charge in [-0.2, -0.15) is 0 Å². The van der Waals surface area contributed by atoms with Crippen molar-refractivity contribution in [2.45, 2.75) is 13.5 Å². The maximum absolute atomic E-state index is 12.8. The topological polar surface area (TPSA) is 96.2 Å². The van der Waals surface area contributed by atoms with E-state index in [1.165, 1.54) is 18.2 Å². The second-order valence-electron chi connectivity index (χ2n) is 7.44. The number of hydrogen-bond donors (Lipinski definition) is 1. The lowest BCUT2D eigenvalue weighted by atomic mass is 10.0. The highest BCUT2D eigenvalue weighted by Gasteiger charge is 2.32. The standard InChI is InChI=1S/C22H23N3O5/c1-2-23-9-11-24(12-10-23)14-18-19(26)8-7-17-21(27)20(30-22(17)18)13-15-3-5-16(6-4-15)25(28)29/h3-8,13,26H,2,9-12,14H2,1H3. The first-order valence-electron chi connectivity index (χ1n) is 9.94. The number of rotatable bonds is 5. The highest BCUT2D eigenvalue weighted by atomic mass is 16.6. The van der Waals surface area contributed by atoms with E-state index in [-0.39, 0.29) is 23.0 Å². The number of ketones is 1. The second-order valence-corrected chi connectivity index (χ2v) is 7.44. The lowest BCUT2D eigenvalue weighted by Crippen LogP contribution is -2.45. The van der Waals surface area contributed by atoms with Crippen LogP contribution in [0.1, 0.15) is 28.4 Å². The first kappa shape index (κ1) is 20.1. The molecule has 0 saturated carbocycles. The number of hydrogen-bond acceptors (Lipinski definition) is 7. The molecule has 0 bridgehead atoms. The summed E-state index contributed by atoms with van der Waals surface area (Å²) in [7, 11) is 0. The van der Waals surface area contributed by atoms with E-state index < -0.39 is 4.92 Å². The summed E-state index contributed by atoms with van der Waals surface area (Å²) in [5.74, 6) is 0.379. The number of carbonyl (C=O) groups excluding carboxylic acids is 1. The fourth-order valence-electron chi connectivity index (χ4n) is 3.78. The lowest BCUT2D eigenvalue weighted by molar-refractivity contribution is -0.384. The predicted octanol–water partition coefficient (Wildman–Crippen LogP) is 3.05. The molecule has 0 atom stereocenters. The van der Waals surface area contributed by atoms with Crippen molar-refractivity contribution in [3.63, 3.8) is 0 Å². The molecule has 2 aromatic rings. The van der Waals surface area contributed by atoms with Gasteiger partial charge in [0, 0.05) is 44.9 Å². The summed E-state index contributed by atoms with van der Waals surface area (Å²) < 4.78 is 5.88.